The van der Waals surface area contributed by atoms with E-state index in [9.17, 15) is 4.79 Å². The third-order valence-corrected chi connectivity index (χ3v) is 4.29. The Kier molecular flexibility index (Phi) is 5.32. The van der Waals surface area contributed by atoms with E-state index in [2.05, 4.69) is 40.7 Å². The molecule has 1 amide bonds. The van der Waals surface area contributed by atoms with Gasteiger partial charge in [-0.1, -0.05) is 67.2 Å². The Bertz CT molecular complexity index is 911. The Morgan fingerprint density at radius 2 is 1.69 bits per heavy atom. The molecule has 2 aromatic carbocycles. The summed E-state index contributed by atoms with van der Waals surface area (Å²) < 4.78 is 2.18. The topological polar surface area (TPSA) is 46.9 Å². The summed E-state index contributed by atoms with van der Waals surface area (Å²) in [6.45, 7) is 8.51. The van der Waals surface area contributed by atoms with Gasteiger partial charge in [0, 0.05) is 17.7 Å². The summed E-state index contributed by atoms with van der Waals surface area (Å²) in [5.74, 6) is 0.768. The highest BCUT2D eigenvalue weighted by molar-refractivity contribution is 5.92. The van der Waals surface area contributed by atoms with Crippen molar-refractivity contribution in [3.05, 3.63) is 89.8 Å². The molecule has 0 spiro atoms. The van der Waals surface area contributed by atoms with Gasteiger partial charge in [-0.2, -0.15) is 0 Å². The van der Waals surface area contributed by atoms with Crippen LogP contribution >= 0.6 is 0 Å². The molecule has 0 unspecified atom stereocenters. The third-order valence-electron chi connectivity index (χ3n) is 4.29. The molecule has 4 heteroatoms. The SMILES string of the molecule is C=C(C)C(=O)NCc1c(C)nc(-c2ccccc2)n1Cc1ccccc1. The van der Waals surface area contributed by atoms with E-state index in [0.717, 1.165) is 22.8 Å². The van der Waals surface area contributed by atoms with E-state index >= 15 is 0 Å². The molecule has 4 nitrogen and oxygen atoms in total. The van der Waals surface area contributed by atoms with Gasteiger partial charge in [-0.15, -0.1) is 0 Å². The molecule has 0 saturated carbocycles. The number of amides is 1. The van der Waals surface area contributed by atoms with Crippen LogP contribution in [0.2, 0.25) is 0 Å². The Morgan fingerprint density at radius 1 is 1.08 bits per heavy atom. The summed E-state index contributed by atoms with van der Waals surface area (Å²) in [4.78, 5) is 16.7. The summed E-state index contributed by atoms with van der Waals surface area (Å²) in [6.07, 6.45) is 0. The molecule has 0 atom stereocenters. The first-order chi connectivity index (χ1) is 12.6. The minimum atomic E-state index is -0.141. The highest BCUT2D eigenvalue weighted by Crippen LogP contribution is 2.23. The lowest BCUT2D eigenvalue weighted by molar-refractivity contribution is -0.117. The first-order valence-corrected chi connectivity index (χ1v) is 8.65. The monoisotopic (exact) mass is 345 g/mol. The zero-order valence-electron chi connectivity index (χ0n) is 15.2. The number of hydrogen-bond donors (Lipinski definition) is 1. The molecule has 132 valence electrons. The molecule has 0 aliphatic heterocycles. The Balaban J connectivity index is 2.01. The van der Waals surface area contributed by atoms with E-state index < -0.39 is 0 Å². The molecule has 1 aromatic heterocycles. The van der Waals surface area contributed by atoms with E-state index in [1.807, 2.05) is 43.3 Å². The maximum absolute atomic E-state index is 11.9. The van der Waals surface area contributed by atoms with Gasteiger partial charge in [-0.3, -0.25) is 4.79 Å². The number of aromatic nitrogens is 2. The van der Waals surface area contributed by atoms with Crippen molar-refractivity contribution in [2.45, 2.75) is 26.9 Å². The molecular formula is C22H23N3O. The molecule has 1 heterocycles. The van der Waals surface area contributed by atoms with Gasteiger partial charge in [-0.25, -0.2) is 4.98 Å². The summed E-state index contributed by atoms with van der Waals surface area (Å²) in [7, 11) is 0. The van der Waals surface area contributed by atoms with E-state index in [1.165, 1.54) is 5.56 Å². The fraction of sp³-hybridized carbons (Fsp3) is 0.182. The molecule has 1 N–H and O–H groups in total. The molecule has 0 bridgehead atoms. The fourth-order valence-electron chi connectivity index (χ4n) is 2.89. The van der Waals surface area contributed by atoms with Crippen molar-refractivity contribution < 1.29 is 4.79 Å². The molecule has 3 aromatic rings. The van der Waals surface area contributed by atoms with Crippen LogP contribution in [0.3, 0.4) is 0 Å². The molecule has 0 radical (unpaired) electrons. The van der Waals surface area contributed by atoms with Crippen LogP contribution in [0.1, 0.15) is 23.9 Å². The highest BCUT2D eigenvalue weighted by atomic mass is 16.1. The lowest BCUT2D eigenvalue weighted by Gasteiger charge is -2.14. The maximum Gasteiger partial charge on any atom is 0.246 e. The molecule has 26 heavy (non-hydrogen) atoms. The van der Waals surface area contributed by atoms with Crippen LogP contribution in [0.25, 0.3) is 11.4 Å². The number of hydrogen-bond acceptors (Lipinski definition) is 2. The first kappa shape index (κ1) is 17.7. The number of nitrogens with zero attached hydrogens (tertiary/aromatic N) is 2. The van der Waals surface area contributed by atoms with Crippen LogP contribution in [0, 0.1) is 6.92 Å². The third kappa shape index (κ3) is 3.91. The van der Waals surface area contributed by atoms with Crippen LogP contribution in [-0.2, 0) is 17.9 Å². The minimum absolute atomic E-state index is 0.141. The van der Waals surface area contributed by atoms with Crippen molar-refractivity contribution >= 4 is 5.91 Å². The second-order valence-electron chi connectivity index (χ2n) is 6.37. The van der Waals surface area contributed by atoms with Gasteiger partial charge in [0.25, 0.3) is 0 Å². The Hall–Kier alpha value is -3.14. The van der Waals surface area contributed by atoms with Crippen LogP contribution in [0.15, 0.2) is 72.8 Å². The number of carbonyl (C=O) groups is 1. The van der Waals surface area contributed by atoms with Gasteiger partial charge in [0.15, 0.2) is 0 Å². The lowest BCUT2D eigenvalue weighted by atomic mass is 10.2. The summed E-state index contributed by atoms with van der Waals surface area (Å²) >= 11 is 0. The van der Waals surface area contributed by atoms with Gasteiger partial charge >= 0.3 is 0 Å². The predicted molar refractivity (Wildman–Crippen MR) is 105 cm³/mol. The van der Waals surface area contributed by atoms with Crippen LogP contribution in [0.4, 0.5) is 0 Å². The average molecular weight is 345 g/mol. The molecular weight excluding hydrogens is 322 g/mol. The van der Waals surface area contributed by atoms with Crippen LogP contribution < -0.4 is 5.32 Å². The van der Waals surface area contributed by atoms with Gasteiger partial charge < -0.3 is 9.88 Å². The van der Waals surface area contributed by atoms with Crippen molar-refractivity contribution in [2.75, 3.05) is 0 Å². The smallest absolute Gasteiger partial charge is 0.246 e. The van der Waals surface area contributed by atoms with Crippen molar-refractivity contribution in [3.8, 4) is 11.4 Å². The normalized spacial score (nSPS) is 10.5. The van der Waals surface area contributed by atoms with E-state index in [4.69, 9.17) is 4.98 Å². The van der Waals surface area contributed by atoms with E-state index in [-0.39, 0.29) is 5.91 Å². The van der Waals surface area contributed by atoms with Crippen molar-refractivity contribution in [2.24, 2.45) is 0 Å². The number of carbonyl (C=O) groups excluding carboxylic acids is 1. The van der Waals surface area contributed by atoms with Gasteiger partial charge in [0.05, 0.1) is 17.9 Å². The summed E-state index contributed by atoms with van der Waals surface area (Å²) in [6, 6.07) is 20.4. The molecule has 3 rings (SSSR count). The predicted octanol–water partition coefficient (Wildman–Crippen LogP) is 4.10. The Labute approximate surface area is 154 Å². The molecule has 0 fully saturated rings. The molecule has 0 aliphatic rings. The van der Waals surface area contributed by atoms with Crippen molar-refractivity contribution in [3.63, 3.8) is 0 Å². The highest BCUT2D eigenvalue weighted by Gasteiger charge is 2.17. The van der Waals surface area contributed by atoms with Gasteiger partial charge in [-0.05, 0) is 19.4 Å². The van der Waals surface area contributed by atoms with Gasteiger partial charge in [0.2, 0.25) is 5.91 Å². The second kappa shape index (κ2) is 7.83. The summed E-state index contributed by atoms with van der Waals surface area (Å²) in [5, 5.41) is 2.93. The van der Waals surface area contributed by atoms with Crippen molar-refractivity contribution in [1.82, 2.24) is 14.9 Å². The first-order valence-electron chi connectivity index (χ1n) is 8.65. The van der Waals surface area contributed by atoms with E-state index in [0.29, 0.717) is 18.7 Å². The van der Waals surface area contributed by atoms with E-state index in [1.54, 1.807) is 6.92 Å². The van der Waals surface area contributed by atoms with Crippen LogP contribution in [0.5, 0.6) is 0 Å². The maximum atomic E-state index is 11.9. The Morgan fingerprint density at radius 3 is 2.31 bits per heavy atom. The number of imidazole rings is 1. The largest absolute Gasteiger partial charge is 0.347 e. The zero-order valence-corrected chi connectivity index (χ0v) is 15.2. The number of benzene rings is 2. The summed E-state index contributed by atoms with van der Waals surface area (Å²) in [5.41, 5.74) is 4.67. The van der Waals surface area contributed by atoms with Gasteiger partial charge in [0.1, 0.15) is 5.82 Å². The number of nitrogens with one attached hydrogen (secondary N) is 1. The van der Waals surface area contributed by atoms with Crippen LogP contribution in [-0.4, -0.2) is 15.5 Å². The fourth-order valence-corrected chi connectivity index (χ4v) is 2.89. The lowest BCUT2D eigenvalue weighted by Crippen LogP contribution is -2.25. The second-order valence-corrected chi connectivity index (χ2v) is 6.37. The quantitative estimate of drug-likeness (QED) is 0.684. The minimum Gasteiger partial charge on any atom is -0.347 e. The molecule has 0 saturated heterocycles. The standard InChI is InChI=1S/C22H23N3O/c1-16(2)22(26)23-14-20-17(3)24-21(19-12-8-5-9-13-19)25(20)15-18-10-6-4-7-11-18/h4-13H,1,14-15H2,2-3H3,(H,23,26). The van der Waals surface area contributed by atoms with Crippen molar-refractivity contribution in [1.29, 1.82) is 0 Å². The molecule has 0 aliphatic carbocycles. The number of aryl methyl sites for hydroxylation is 1. The zero-order chi connectivity index (χ0) is 18.5. The number of rotatable bonds is 6. The average Bonchev–Trinajstić information content (AvgIpc) is 2.96.